The average molecular weight is 247 g/mol. The number of benzene rings is 1. The summed E-state index contributed by atoms with van der Waals surface area (Å²) < 4.78 is 0. The van der Waals surface area contributed by atoms with Gasteiger partial charge in [0.2, 0.25) is 0 Å². The van der Waals surface area contributed by atoms with Crippen molar-refractivity contribution in [1.29, 1.82) is 0 Å². The molecule has 2 N–H and O–H groups in total. The zero-order valence-corrected chi connectivity index (χ0v) is 11.8. The average Bonchev–Trinajstić information content (AvgIpc) is 2.34. The van der Waals surface area contributed by atoms with E-state index in [9.17, 15) is 0 Å². The first-order chi connectivity index (χ1) is 8.56. The van der Waals surface area contributed by atoms with Gasteiger partial charge in [0.25, 0.3) is 0 Å². The Morgan fingerprint density at radius 3 is 2.50 bits per heavy atom. The maximum atomic E-state index is 5.87. The number of piperazine rings is 1. The van der Waals surface area contributed by atoms with Gasteiger partial charge in [-0.1, -0.05) is 24.3 Å². The predicted molar refractivity (Wildman–Crippen MR) is 76.4 cm³/mol. The van der Waals surface area contributed by atoms with Gasteiger partial charge < -0.3 is 10.6 Å². The molecule has 0 amide bonds. The third-order valence-electron chi connectivity index (χ3n) is 3.96. The highest BCUT2D eigenvalue weighted by atomic mass is 15.3. The third-order valence-corrected chi connectivity index (χ3v) is 3.96. The number of nitrogens with two attached hydrogens (primary N) is 1. The molecule has 1 aliphatic rings. The van der Waals surface area contributed by atoms with Crippen LogP contribution in [-0.4, -0.2) is 42.5 Å². The standard InChI is InChI=1S/C15H25N3/c1-12-10-18(9-8-17(12)3)11-14-4-6-15(7-5-14)13(2)16/h4-7,12-13H,8-11,16H2,1-3H3/t12?,13-/m0/s1. The van der Waals surface area contributed by atoms with Gasteiger partial charge in [0.05, 0.1) is 0 Å². The van der Waals surface area contributed by atoms with Crippen molar-refractivity contribution < 1.29 is 0 Å². The van der Waals surface area contributed by atoms with Crippen LogP contribution in [0.1, 0.15) is 31.0 Å². The zero-order valence-electron chi connectivity index (χ0n) is 11.8. The Morgan fingerprint density at radius 1 is 1.28 bits per heavy atom. The lowest BCUT2D eigenvalue weighted by atomic mass is 10.1. The summed E-state index contributed by atoms with van der Waals surface area (Å²) in [5.41, 5.74) is 8.46. The number of likely N-dealkylation sites (N-methyl/N-ethyl adjacent to an activating group) is 1. The summed E-state index contributed by atoms with van der Waals surface area (Å²) in [6.45, 7) is 8.86. The van der Waals surface area contributed by atoms with Gasteiger partial charge in [0.15, 0.2) is 0 Å². The number of hydrogen-bond donors (Lipinski definition) is 1. The normalized spacial score (nSPS) is 24.1. The molecule has 0 aliphatic carbocycles. The quantitative estimate of drug-likeness (QED) is 0.884. The van der Waals surface area contributed by atoms with E-state index in [1.807, 2.05) is 6.92 Å². The fraction of sp³-hybridized carbons (Fsp3) is 0.600. The molecule has 2 atom stereocenters. The van der Waals surface area contributed by atoms with Crippen molar-refractivity contribution in [3.8, 4) is 0 Å². The van der Waals surface area contributed by atoms with Gasteiger partial charge in [-0.25, -0.2) is 0 Å². The smallest absolute Gasteiger partial charge is 0.0266 e. The molecule has 1 aromatic rings. The molecule has 1 unspecified atom stereocenters. The molecule has 18 heavy (non-hydrogen) atoms. The van der Waals surface area contributed by atoms with Crippen LogP contribution in [0.15, 0.2) is 24.3 Å². The van der Waals surface area contributed by atoms with E-state index in [1.54, 1.807) is 0 Å². The molecule has 1 aliphatic heterocycles. The van der Waals surface area contributed by atoms with Crippen LogP contribution in [0.3, 0.4) is 0 Å². The van der Waals surface area contributed by atoms with Crippen LogP contribution in [0, 0.1) is 0 Å². The summed E-state index contributed by atoms with van der Waals surface area (Å²) in [6.07, 6.45) is 0. The Balaban J connectivity index is 1.93. The summed E-state index contributed by atoms with van der Waals surface area (Å²) in [5.74, 6) is 0. The fourth-order valence-corrected chi connectivity index (χ4v) is 2.45. The highest BCUT2D eigenvalue weighted by Gasteiger charge is 2.20. The van der Waals surface area contributed by atoms with Crippen LogP contribution >= 0.6 is 0 Å². The van der Waals surface area contributed by atoms with Crippen LogP contribution in [0.5, 0.6) is 0 Å². The first kappa shape index (κ1) is 13.5. The Morgan fingerprint density at radius 2 is 1.94 bits per heavy atom. The minimum absolute atomic E-state index is 0.128. The van der Waals surface area contributed by atoms with Gasteiger partial charge in [0.1, 0.15) is 0 Å². The van der Waals surface area contributed by atoms with Gasteiger partial charge in [-0.05, 0) is 32.0 Å². The van der Waals surface area contributed by atoms with Crippen LogP contribution in [0.2, 0.25) is 0 Å². The van der Waals surface area contributed by atoms with Crippen molar-refractivity contribution in [2.45, 2.75) is 32.5 Å². The summed E-state index contributed by atoms with van der Waals surface area (Å²) in [4.78, 5) is 4.96. The molecule has 0 bridgehead atoms. The summed E-state index contributed by atoms with van der Waals surface area (Å²) in [7, 11) is 2.21. The first-order valence-electron chi connectivity index (χ1n) is 6.83. The molecule has 100 valence electrons. The van der Waals surface area contributed by atoms with Gasteiger partial charge in [-0.15, -0.1) is 0 Å². The lowest BCUT2D eigenvalue weighted by molar-refractivity contribution is 0.1000. The second-order valence-electron chi connectivity index (χ2n) is 5.60. The van der Waals surface area contributed by atoms with E-state index in [0.717, 1.165) is 19.6 Å². The van der Waals surface area contributed by atoms with Crippen LogP contribution in [0.25, 0.3) is 0 Å². The summed E-state index contributed by atoms with van der Waals surface area (Å²) >= 11 is 0. The molecule has 3 nitrogen and oxygen atoms in total. The van der Waals surface area contributed by atoms with Crippen molar-refractivity contribution >= 4 is 0 Å². The molecule has 0 radical (unpaired) electrons. The Hall–Kier alpha value is -0.900. The molecular weight excluding hydrogens is 222 g/mol. The topological polar surface area (TPSA) is 32.5 Å². The molecule has 1 saturated heterocycles. The lowest BCUT2D eigenvalue weighted by Crippen LogP contribution is -2.49. The van der Waals surface area contributed by atoms with Gasteiger partial charge >= 0.3 is 0 Å². The molecule has 0 saturated carbocycles. The van der Waals surface area contributed by atoms with Crippen LogP contribution in [0.4, 0.5) is 0 Å². The molecule has 2 rings (SSSR count). The monoisotopic (exact) mass is 247 g/mol. The van der Waals surface area contributed by atoms with Crippen LogP contribution < -0.4 is 5.73 Å². The third kappa shape index (κ3) is 3.31. The molecule has 1 aromatic carbocycles. The molecule has 1 fully saturated rings. The van der Waals surface area contributed by atoms with E-state index in [1.165, 1.54) is 17.7 Å². The van der Waals surface area contributed by atoms with Crippen molar-refractivity contribution in [3.63, 3.8) is 0 Å². The molecule has 1 heterocycles. The number of hydrogen-bond acceptors (Lipinski definition) is 3. The summed E-state index contributed by atoms with van der Waals surface area (Å²) in [6, 6.07) is 9.51. The van der Waals surface area contributed by atoms with E-state index >= 15 is 0 Å². The molecule has 0 aromatic heterocycles. The minimum Gasteiger partial charge on any atom is -0.324 e. The Kier molecular flexibility index (Phi) is 4.38. The SMILES string of the molecule is CC1CN(Cc2ccc([C@H](C)N)cc2)CCN1C. The Labute approximate surface area is 111 Å². The van der Waals surface area contributed by atoms with Crippen molar-refractivity contribution in [1.82, 2.24) is 9.80 Å². The Bertz CT molecular complexity index is 372. The highest BCUT2D eigenvalue weighted by molar-refractivity contribution is 5.24. The number of nitrogens with zero attached hydrogens (tertiary/aromatic N) is 2. The van der Waals surface area contributed by atoms with Crippen molar-refractivity contribution in [3.05, 3.63) is 35.4 Å². The van der Waals surface area contributed by atoms with E-state index in [-0.39, 0.29) is 6.04 Å². The predicted octanol–water partition coefficient (Wildman–Crippen LogP) is 1.84. The largest absolute Gasteiger partial charge is 0.324 e. The molecular formula is C15H25N3. The maximum absolute atomic E-state index is 5.87. The van der Waals surface area contributed by atoms with Gasteiger partial charge in [-0.3, -0.25) is 4.90 Å². The second kappa shape index (κ2) is 5.83. The maximum Gasteiger partial charge on any atom is 0.0266 e. The highest BCUT2D eigenvalue weighted by Crippen LogP contribution is 2.14. The second-order valence-corrected chi connectivity index (χ2v) is 5.60. The first-order valence-corrected chi connectivity index (χ1v) is 6.83. The van der Waals surface area contributed by atoms with E-state index in [2.05, 4.69) is 48.0 Å². The van der Waals surface area contributed by atoms with E-state index in [4.69, 9.17) is 5.73 Å². The molecule has 0 spiro atoms. The van der Waals surface area contributed by atoms with E-state index in [0.29, 0.717) is 6.04 Å². The molecule has 3 heteroatoms. The van der Waals surface area contributed by atoms with Crippen LogP contribution in [-0.2, 0) is 6.54 Å². The zero-order chi connectivity index (χ0) is 13.1. The fourth-order valence-electron chi connectivity index (χ4n) is 2.45. The summed E-state index contributed by atoms with van der Waals surface area (Å²) in [5, 5.41) is 0. The van der Waals surface area contributed by atoms with Crippen molar-refractivity contribution in [2.75, 3.05) is 26.7 Å². The minimum atomic E-state index is 0.128. The van der Waals surface area contributed by atoms with Crippen molar-refractivity contribution in [2.24, 2.45) is 5.73 Å². The van der Waals surface area contributed by atoms with Gasteiger partial charge in [-0.2, -0.15) is 0 Å². The lowest BCUT2D eigenvalue weighted by Gasteiger charge is -2.37. The van der Waals surface area contributed by atoms with E-state index < -0.39 is 0 Å². The number of rotatable bonds is 3. The van der Waals surface area contributed by atoms with Gasteiger partial charge in [0, 0.05) is 38.3 Å².